The number of piperazine rings is 1. The van der Waals surface area contributed by atoms with Crippen molar-refractivity contribution < 1.29 is 13.2 Å². The third kappa shape index (κ3) is 4.65. The van der Waals surface area contributed by atoms with Crippen LogP contribution in [0.2, 0.25) is 0 Å². The van der Waals surface area contributed by atoms with E-state index in [0.29, 0.717) is 37.0 Å². The average Bonchev–Trinajstić information content (AvgIpc) is 2.69. The van der Waals surface area contributed by atoms with Crippen LogP contribution in [-0.2, 0) is 10.0 Å². The van der Waals surface area contributed by atoms with Gasteiger partial charge >= 0.3 is 6.03 Å². The molecule has 142 valence electrons. The molecule has 0 bridgehead atoms. The maximum absolute atomic E-state index is 12.6. The highest BCUT2D eigenvalue weighted by atomic mass is 32.2. The Morgan fingerprint density at radius 1 is 1.00 bits per heavy atom. The number of allylic oxidation sites excluding steroid dienone is 1. The second-order valence-electron chi connectivity index (χ2n) is 6.91. The van der Waals surface area contributed by atoms with Gasteiger partial charge in [0.2, 0.25) is 10.0 Å². The van der Waals surface area contributed by atoms with Crippen LogP contribution >= 0.6 is 0 Å². The summed E-state index contributed by atoms with van der Waals surface area (Å²) in [7, 11) is -3.48. The first-order chi connectivity index (χ1) is 12.6. The van der Waals surface area contributed by atoms with Gasteiger partial charge in [-0.2, -0.15) is 4.31 Å². The molecule has 26 heavy (non-hydrogen) atoms. The first-order valence-electron chi connectivity index (χ1n) is 9.35. The molecule has 2 amide bonds. The summed E-state index contributed by atoms with van der Waals surface area (Å²) in [6.07, 6.45) is 10.1. The number of sulfonamides is 1. The SMILES string of the molecule is O=C(N/C=C/C1CCCCC1)N1CCN(S(=O)(=O)c2ccccc2)CC1. The van der Waals surface area contributed by atoms with E-state index in [1.54, 1.807) is 41.4 Å². The van der Waals surface area contributed by atoms with Crippen LogP contribution in [0.25, 0.3) is 0 Å². The number of nitrogens with zero attached hydrogens (tertiary/aromatic N) is 2. The Balaban J connectivity index is 1.48. The summed E-state index contributed by atoms with van der Waals surface area (Å²) in [6.45, 7) is 1.43. The van der Waals surface area contributed by atoms with Crippen molar-refractivity contribution in [3.63, 3.8) is 0 Å². The molecule has 0 radical (unpaired) electrons. The second-order valence-corrected chi connectivity index (χ2v) is 8.85. The summed E-state index contributed by atoms with van der Waals surface area (Å²) in [6, 6.07) is 8.27. The molecule has 1 aliphatic carbocycles. The topological polar surface area (TPSA) is 69.7 Å². The van der Waals surface area contributed by atoms with Crippen molar-refractivity contribution in [1.29, 1.82) is 0 Å². The van der Waals surface area contributed by atoms with Gasteiger partial charge in [0.1, 0.15) is 0 Å². The van der Waals surface area contributed by atoms with E-state index in [1.165, 1.54) is 36.4 Å². The van der Waals surface area contributed by atoms with Crippen LogP contribution < -0.4 is 5.32 Å². The van der Waals surface area contributed by atoms with Crippen molar-refractivity contribution in [3.8, 4) is 0 Å². The Morgan fingerprint density at radius 2 is 1.65 bits per heavy atom. The molecular weight excluding hydrogens is 350 g/mol. The van der Waals surface area contributed by atoms with Crippen LogP contribution in [0.1, 0.15) is 32.1 Å². The van der Waals surface area contributed by atoms with Gasteiger partial charge in [-0.25, -0.2) is 13.2 Å². The van der Waals surface area contributed by atoms with Gasteiger partial charge in [0, 0.05) is 32.4 Å². The van der Waals surface area contributed by atoms with E-state index in [9.17, 15) is 13.2 Å². The zero-order valence-electron chi connectivity index (χ0n) is 15.0. The number of urea groups is 1. The average molecular weight is 378 g/mol. The smallest absolute Gasteiger partial charge is 0.321 e. The largest absolute Gasteiger partial charge is 0.322 e. The fourth-order valence-electron chi connectivity index (χ4n) is 3.55. The summed E-state index contributed by atoms with van der Waals surface area (Å²) >= 11 is 0. The van der Waals surface area contributed by atoms with E-state index in [1.807, 2.05) is 0 Å². The van der Waals surface area contributed by atoms with E-state index in [0.717, 1.165) is 0 Å². The lowest BCUT2D eigenvalue weighted by Gasteiger charge is -2.33. The minimum atomic E-state index is -3.48. The van der Waals surface area contributed by atoms with Crippen LogP contribution in [-0.4, -0.2) is 49.8 Å². The number of amides is 2. The van der Waals surface area contributed by atoms with Gasteiger partial charge in [0.25, 0.3) is 0 Å². The molecule has 2 aliphatic rings. The molecule has 1 aliphatic heterocycles. The maximum atomic E-state index is 12.6. The number of rotatable bonds is 4. The van der Waals surface area contributed by atoms with Crippen LogP contribution in [0.4, 0.5) is 4.79 Å². The van der Waals surface area contributed by atoms with Crippen molar-refractivity contribution in [2.45, 2.75) is 37.0 Å². The number of benzene rings is 1. The van der Waals surface area contributed by atoms with Gasteiger partial charge in [-0.3, -0.25) is 0 Å². The van der Waals surface area contributed by atoms with Crippen LogP contribution in [0.15, 0.2) is 47.5 Å². The summed E-state index contributed by atoms with van der Waals surface area (Å²) < 4.78 is 26.7. The van der Waals surface area contributed by atoms with E-state index < -0.39 is 10.0 Å². The van der Waals surface area contributed by atoms with Crippen LogP contribution in [0.3, 0.4) is 0 Å². The fourth-order valence-corrected chi connectivity index (χ4v) is 4.99. The van der Waals surface area contributed by atoms with Crippen LogP contribution in [0.5, 0.6) is 0 Å². The molecular formula is C19H27N3O3S. The molecule has 1 saturated carbocycles. The van der Waals surface area contributed by atoms with Gasteiger partial charge in [-0.15, -0.1) is 0 Å². The lowest BCUT2D eigenvalue weighted by Crippen LogP contribution is -2.52. The predicted octanol–water partition coefficient (Wildman–Crippen LogP) is 2.80. The van der Waals surface area contributed by atoms with Crippen molar-refractivity contribution in [2.75, 3.05) is 26.2 Å². The highest BCUT2D eigenvalue weighted by Gasteiger charge is 2.29. The summed E-state index contributed by atoms with van der Waals surface area (Å²) in [5, 5.41) is 2.82. The van der Waals surface area contributed by atoms with Crippen molar-refractivity contribution in [1.82, 2.24) is 14.5 Å². The van der Waals surface area contributed by atoms with Crippen molar-refractivity contribution in [2.24, 2.45) is 5.92 Å². The Morgan fingerprint density at radius 3 is 2.31 bits per heavy atom. The standard InChI is InChI=1S/C19H27N3O3S/c23-19(20-12-11-17-7-3-1-4-8-17)21-13-15-22(16-14-21)26(24,25)18-9-5-2-6-10-18/h2,5-6,9-12,17H,1,3-4,7-8,13-16H2,(H,20,23)/b12-11+. The Hall–Kier alpha value is -1.86. The van der Waals surface area contributed by atoms with E-state index >= 15 is 0 Å². The Bertz CT molecular complexity index is 720. The van der Waals surface area contributed by atoms with Gasteiger partial charge in [-0.1, -0.05) is 43.5 Å². The monoisotopic (exact) mass is 377 g/mol. The molecule has 7 heteroatoms. The third-order valence-electron chi connectivity index (χ3n) is 5.13. The first-order valence-corrected chi connectivity index (χ1v) is 10.8. The Labute approximate surface area is 155 Å². The van der Waals surface area contributed by atoms with Gasteiger partial charge in [0.15, 0.2) is 0 Å². The molecule has 3 rings (SSSR count). The molecule has 2 fully saturated rings. The molecule has 1 aromatic rings. The highest BCUT2D eigenvalue weighted by molar-refractivity contribution is 7.89. The molecule has 6 nitrogen and oxygen atoms in total. The molecule has 0 aromatic heterocycles. The number of carbonyl (C=O) groups excluding carboxylic acids is 1. The Kier molecular flexibility index (Phi) is 6.32. The van der Waals surface area contributed by atoms with E-state index in [-0.39, 0.29) is 6.03 Å². The lowest BCUT2D eigenvalue weighted by atomic mass is 9.89. The van der Waals surface area contributed by atoms with Crippen molar-refractivity contribution >= 4 is 16.1 Å². The van der Waals surface area contributed by atoms with Gasteiger partial charge in [0.05, 0.1) is 4.90 Å². The minimum Gasteiger partial charge on any atom is -0.322 e. The molecule has 0 spiro atoms. The fraction of sp³-hybridized carbons (Fsp3) is 0.526. The second kappa shape index (κ2) is 8.68. The van der Waals surface area contributed by atoms with E-state index in [4.69, 9.17) is 0 Å². The van der Waals surface area contributed by atoms with E-state index in [2.05, 4.69) is 11.4 Å². The molecule has 1 saturated heterocycles. The first kappa shape index (κ1) is 18.9. The molecule has 1 heterocycles. The van der Waals surface area contributed by atoms with Crippen molar-refractivity contribution in [3.05, 3.63) is 42.6 Å². The number of nitrogens with one attached hydrogen (secondary N) is 1. The van der Waals surface area contributed by atoms with Gasteiger partial charge in [-0.05, 0) is 30.9 Å². The summed E-state index contributed by atoms with van der Waals surface area (Å²) in [5.74, 6) is 0.567. The predicted molar refractivity (Wildman–Crippen MR) is 101 cm³/mol. The number of carbonyl (C=O) groups is 1. The van der Waals surface area contributed by atoms with Crippen LogP contribution in [0, 0.1) is 5.92 Å². The molecule has 0 unspecified atom stereocenters. The zero-order valence-corrected chi connectivity index (χ0v) is 15.8. The quantitative estimate of drug-likeness (QED) is 0.877. The highest BCUT2D eigenvalue weighted by Crippen LogP contribution is 2.24. The number of hydrogen-bond donors (Lipinski definition) is 1. The molecule has 1 N–H and O–H groups in total. The summed E-state index contributed by atoms with van der Waals surface area (Å²) in [5.41, 5.74) is 0. The molecule has 1 aromatic carbocycles. The third-order valence-corrected chi connectivity index (χ3v) is 7.04. The maximum Gasteiger partial charge on any atom is 0.321 e. The van der Waals surface area contributed by atoms with Gasteiger partial charge < -0.3 is 10.2 Å². The normalized spacial score (nSPS) is 20.4. The number of hydrogen-bond acceptors (Lipinski definition) is 3. The lowest BCUT2D eigenvalue weighted by molar-refractivity contribution is 0.175. The molecule has 0 atom stereocenters. The minimum absolute atomic E-state index is 0.159. The summed E-state index contributed by atoms with van der Waals surface area (Å²) in [4.78, 5) is 14.2. The zero-order chi connectivity index (χ0) is 18.4.